The van der Waals surface area contributed by atoms with Crippen molar-refractivity contribution in [3.63, 3.8) is 0 Å². The molecular formula is C27H33N3O3. The number of hydrogen-bond donors (Lipinski definition) is 2. The quantitative estimate of drug-likeness (QED) is 0.536. The van der Waals surface area contributed by atoms with E-state index >= 15 is 0 Å². The Morgan fingerprint density at radius 1 is 0.909 bits per heavy atom. The van der Waals surface area contributed by atoms with Crippen molar-refractivity contribution >= 4 is 12.1 Å². The molecule has 0 saturated carbocycles. The Bertz CT molecular complexity index is 977. The van der Waals surface area contributed by atoms with E-state index in [2.05, 4.69) is 46.7 Å². The minimum Gasteiger partial charge on any atom is -0.444 e. The Labute approximate surface area is 196 Å². The number of piperidine rings is 1. The number of urea groups is 1. The van der Waals surface area contributed by atoms with Gasteiger partial charge in [0.15, 0.2) is 0 Å². The number of amides is 3. The van der Waals surface area contributed by atoms with Gasteiger partial charge in [-0.25, -0.2) is 9.59 Å². The normalized spacial score (nSPS) is 14.1. The van der Waals surface area contributed by atoms with Gasteiger partial charge in [-0.1, -0.05) is 42.2 Å². The molecule has 0 radical (unpaired) electrons. The molecular weight excluding hydrogens is 414 g/mol. The molecule has 0 spiro atoms. The molecule has 0 aromatic heterocycles. The van der Waals surface area contributed by atoms with Crippen LogP contribution in [-0.4, -0.2) is 48.8 Å². The fourth-order valence-electron chi connectivity index (χ4n) is 3.68. The Balaban J connectivity index is 1.39. The zero-order chi connectivity index (χ0) is 23.7. The predicted octanol–water partition coefficient (Wildman–Crippen LogP) is 4.50. The van der Waals surface area contributed by atoms with E-state index < -0.39 is 11.7 Å². The standard InChI is InChI=1S/C27H33N3O3/c1-27(2,3)33-26(32)29-18-17-28-25(31)30-19-15-24(16-20-30)23-13-11-22(12-14-23)10-9-21-7-5-4-6-8-21/h4-8,11-14,24H,15-20H2,1-3H3,(H,28,31)(H,29,32). The Hall–Kier alpha value is -3.46. The molecule has 3 rings (SSSR count). The molecule has 3 amide bonds. The van der Waals surface area contributed by atoms with Crippen LogP contribution in [0.5, 0.6) is 0 Å². The van der Waals surface area contributed by atoms with Crippen LogP contribution >= 0.6 is 0 Å². The molecule has 1 aliphatic rings. The van der Waals surface area contributed by atoms with Crippen molar-refractivity contribution in [2.24, 2.45) is 0 Å². The summed E-state index contributed by atoms with van der Waals surface area (Å²) in [6.45, 7) is 7.56. The van der Waals surface area contributed by atoms with Crippen molar-refractivity contribution in [3.05, 3.63) is 71.3 Å². The van der Waals surface area contributed by atoms with Crippen molar-refractivity contribution in [2.75, 3.05) is 26.2 Å². The molecule has 1 heterocycles. The van der Waals surface area contributed by atoms with Crippen molar-refractivity contribution in [1.82, 2.24) is 15.5 Å². The molecule has 2 N–H and O–H groups in total. The average molecular weight is 448 g/mol. The van der Waals surface area contributed by atoms with Crippen LogP contribution in [-0.2, 0) is 4.74 Å². The second kappa shape index (κ2) is 11.4. The number of nitrogens with one attached hydrogen (secondary N) is 2. The third-order valence-electron chi connectivity index (χ3n) is 5.36. The summed E-state index contributed by atoms with van der Waals surface area (Å²) in [6, 6.07) is 18.3. The zero-order valence-electron chi connectivity index (χ0n) is 19.7. The van der Waals surface area contributed by atoms with Gasteiger partial charge in [-0.3, -0.25) is 0 Å². The number of benzene rings is 2. The van der Waals surface area contributed by atoms with Crippen LogP contribution < -0.4 is 10.6 Å². The third-order valence-corrected chi connectivity index (χ3v) is 5.36. The van der Waals surface area contributed by atoms with Gasteiger partial charge in [0.05, 0.1) is 0 Å². The lowest BCUT2D eigenvalue weighted by Gasteiger charge is -2.32. The molecule has 2 aromatic carbocycles. The third kappa shape index (κ3) is 8.19. The molecule has 174 valence electrons. The fourth-order valence-corrected chi connectivity index (χ4v) is 3.68. The number of alkyl carbamates (subject to hydrolysis) is 1. The molecule has 1 aliphatic heterocycles. The first-order chi connectivity index (χ1) is 15.8. The van der Waals surface area contributed by atoms with Gasteiger partial charge in [-0.05, 0) is 69.4 Å². The van der Waals surface area contributed by atoms with Gasteiger partial charge in [0.1, 0.15) is 5.60 Å². The minimum atomic E-state index is -0.534. The van der Waals surface area contributed by atoms with Gasteiger partial charge in [0, 0.05) is 37.3 Å². The monoisotopic (exact) mass is 447 g/mol. The second-order valence-corrected chi connectivity index (χ2v) is 9.16. The summed E-state index contributed by atoms with van der Waals surface area (Å²) in [5.41, 5.74) is 2.77. The number of likely N-dealkylation sites (tertiary alicyclic amines) is 1. The van der Waals surface area contributed by atoms with E-state index in [1.54, 1.807) is 0 Å². The lowest BCUT2D eigenvalue weighted by atomic mass is 9.89. The van der Waals surface area contributed by atoms with Crippen molar-refractivity contribution < 1.29 is 14.3 Å². The zero-order valence-corrected chi connectivity index (χ0v) is 19.7. The van der Waals surface area contributed by atoms with Gasteiger partial charge in [-0.2, -0.15) is 0 Å². The van der Waals surface area contributed by atoms with Crippen LogP contribution in [0.2, 0.25) is 0 Å². The first-order valence-electron chi connectivity index (χ1n) is 11.5. The summed E-state index contributed by atoms with van der Waals surface area (Å²) in [4.78, 5) is 25.9. The first kappa shape index (κ1) is 24.2. The Morgan fingerprint density at radius 2 is 1.48 bits per heavy atom. The number of hydrogen-bond acceptors (Lipinski definition) is 3. The molecule has 33 heavy (non-hydrogen) atoms. The van der Waals surface area contributed by atoms with Crippen LogP contribution in [0.15, 0.2) is 54.6 Å². The number of carbonyl (C=O) groups is 2. The van der Waals surface area contributed by atoms with Crippen molar-refractivity contribution in [3.8, 4) is 11.8 Å². The summed E-state index contributed by atoms with van der Waals surface area (Å²) >= 11 is 0. The molecule has 1 fully saturated rings. The van der Waals surface area contributed by atoms with Crippen LogP contribution in [0.3, 0.4) is 0 Å². The number of carbonyl (C=O) groups excluding carboxylic acids is 2. The van der Waals surface area contributed by atoms with Crippen LogP contribution in [0, 0.1) is 11.8 Å². The molecule has 6 heteroatoms. The van der Waals surface area contributed by atoms with E-state index in [0.717, 1.165) is 24.0 Å². The maximum atomic E-state index is 12.4. The van der Waals surface area contributed by atoms with Crippen LogP contribution in [0.25, 0.3) is 0 Å². The lowest BCUT2D eigenvalue weighted by molar-refractivity contribution is 0.0528. The SMILES string of the molecule is CC(C)(C)OC(=O)NCCNC(=O)N1CCC(c2ccc(C#Cc3ccccc3)cc2)CC1. The van der Waals surface area contributed by atoms with Crippen molar-refractivity contribution in [1.29, 1.82) is 0 Å². The largest absolute Gasteiger partial charge is 0.444 e. The highest BCUT2D eigenvalue weighted by molar-refractivity contribution is 5.74. The molecule has 6 nitrogen and oxygen atoms in total. The summed E-state index contributed by atoms with van der Waals surface area (Å²) in [6.07, 6.45) is 1.38. The fraction of sp³-hybridized carbons (Fsp3) is 0.407. The van der Waals surface area contributed by atoms with Gasteiger partial charge >= 0.3 is 12.1 Å². The van der Waals surface area contributed by atoms with E-state index in [-0.39, 0.29) is 6.03 Å². The molecule has 0 unspecified atom stereocenters. The van der Waals surface area contributed by atoms with Gasteiger partial charge in [0.2, 0.25) is 0 Å². The average Bonchev–Trinajstić information content (AvgIpc) is 2.80. The number of ether oxygens (including phenoxy) is 1. The van der Waals surface area contributed by atoms with Crippen LogP contribution in [0.4, 0.5) is 9.59 Å². The summed E-state index contributed by atoms with van der Waals surface area (Å²) < 4.78 is 5.18. The molecule has 2 aromatic rings. The minimum absolute atomic E-state index is 0.0917. The topological polar surface area (TPSA) is 70.7 Å². The molecule has 0 bridgehead atoms. The van der Waals surface area contributed by atoms with Crippen molar-refractivity contribution in [2.45, 2.75) is 45.1 Å². The molecule has 1 saturated heterocycles. The maximum Gasteiger partial charge on any atom is 0.407 e. The lowest BCUT2D eigenvalue weighted by Crippen LogP contribution is -2.46. The van der Waals surface area contributed by atoms with E-state index in [1.807, 2.05) is 56.0 Å². The first-order valence-corrected chi connectivity index (χ1v) is 11.5. The van der Waals surface area contributed by atoms with Gasteiger partial charge < -0.3 is 20.3 Å². The van der Waals surface area contributed by atoms with Gasteiger partial charge in [0.25, 0.3) is 0 Å². The summed E-state index contributed by atoms with van der Waals surface area (Å²) in [5, 5.41) is 5.51. The molecule has 0 atom stereocenters. The smallest absolute Gasteiger partial charge is 0.407 e. The van der Waals surface area contributed by atoms with E-state index in [9.17, 15) is 9.59 Å². The number of nitrogens with zero attached hydrogens (tertiary/aromatic N) is 1. The predicted molar refractivity (Wildman–Crippen MR) is 130 cm³/mol. The molecule has 0 aliphatic carbocycles. The summed E-state index contributed by atoms with van der Waals surface area (Å²) in [7, 11) is 0. The van der Waals surface area contributed by atoms with E-state index in [0.29, 0.717) is 32.1 Å². The highest BCUT2D eigenvalue weighted by Crippen LogP contribution is 2.28. The summed E-state index contributed by atoms with van der Waals surface area (Å²) in [5.74, 6) is 6.84. The van der Waals surface area contributed by atoms with E-state index in [1.165, 1.54) is 5.56 Å². The second-order valence-electron chi connectivity index (χ2n) is 9.16. The van der Waals surface area contributed by atoms with Crippen LogP contribution in [0.1, 0.15) is 56.2 Å². The van der Waals surface area contributed by atoms with E-state index in [4.69, 9.17) is 4.74 Å². The number of rotatable bonds is 4. The Morgan fingerprint density at radius 3 is 2.09 bits per heavy atom. The highest BCUT2D eigenvalue weighted by atomic mass is 16.6. The Kier molecular flexibility index (Phi) is 8.37. The van der Waals surface area contributed by atoms with Gasteiger partial charge in [-0.15, -0.1) is 0 Å². The highest BCUT2D eigenvalue weighted by Gasteiger charge is 2.23. The maximum absolute atomic E-state index is 12.4.